The van der Waals surface area contributed by atoms with Crippen molar-refractivity contribution in [3.63, 3.8) is 0 Å². The molecule has 0 spiro atoms. The Morgan fingerprint density at radius 2 is 1.84 bits per heavy atom. The van der Waals surface area contributed by atoms with Crippen LogP contribution in [0.2, 0.25) is 0 Å². The second-order valence-electron chi connectivity index (χ2n) is 7.15. The highest BCUT2D eigenvalue weighted by Crippen LogP contribution is 2.42. The van der Waals surface area contributed by atoms with E-state index in [1.807, 2.05) is 0 Å². The molecule has 0 heterocycles. The molecule has 0 saturated heterocycles. The maximum absolute atomic E-state index is 13.5. The van der Waals surface area contributed by atoms with Crippen LogP contribution in [0.5, 0.6) is 11.5 Å². The lowest BCUT2D eigenvalue weighted by molar-refractivity contribution is -0.117. The summed E-state index contributed by atoms with van der Waals surface area (Å²) in [7, 11) is 4.35. The van der Waals surface area contributed by atoms with Crippen LogP contribution in [0.1, 0.15) is 34.7 Å². The summed E-state index contributed by atoms with van der Waals surface area (Å²) < 4.78 is 42.1. The van der Waals surface area contributed by atoms with E-state index in [0.717, 1.165) is 12.1 Å². The van der Waals surface area contributed by atoms with E-state index in [2.05, 4.69) is 10.6 Å². The molecule has 2 aromatic rings. The number of hydrogen-bond donors (Lipinski definition) is 2. The monoisotopic (exact) mass is 434 g/mol. The molecule has 0 aromatic heterocycles. The molecule has 1 fully saturated rings. The van der Waals surface area contributed by atoms with Gasteiger partial charge in [-0.25, -0.2) is 8.78 Å². The molecule has 3 rings (SSSR count). The van der Waals surface area contributed by atoms with E-state index in [0.29, 0.717) is 17.7 Å². The minimum Gasteiger partial charge on any atom is -0.493 e. The molecule has 2 atom stereocenters. The highest BCUT2D eigenvalue weighted by Gasteiger charge is 2.40. The zero-order chi connectivity index (χ0) is 22.5. The Morgan fingerprint density at radius 3 is 2.48 bits per heavy atom. The number of methoxy groups -OCH3 is 3. The van der Waals surface area contributed by atoms with Crippen LogP contribution < -0.4 is 20.1 Å². The molecule has 2 N–H and O–H groups in total. The number of carbonyl (C=O) groups is 2. The lowest BCUT2D eigenvalue weighted by atomic mass is 10.1. The van der Waals surface area contributed by atoms with Gasteiger partial charge >= 0.3 is 0 Å². The first-order chi connectivity index (χ1) is 14.9. The number of carbonyl (C=O) groups excluding carboxylic acids is 2. The fourth-order valence-corrected chi connectivity index (χ4v) is 3.31. The first-order valence-corrected chi connectivity index (χ1v) is 9.68. The van der Waals surface area contributed by atoms with Crippen LogP contribution in [-0.4, -0.2) is 45.8 Å². The molecule has 0 aliphatic heterocycles. The van der Waals surface area contributed by atoms with Crippen LogP contribution in [0.3, 0.4) is 0 Å². The average Bonchev–Trinajstić information content (AvgIpc) is 3.52. The van der Waals surface area contributed by atoms with E-state index in [9.17, 15) is 18.4 Å². The molecule has 7 nitrogen and oxygen atoms in total. The van der Waals surface area contributed by atoms with Gasteiger partial charge in [-0.2, -0.15) is 0 Å². The van der Waals surface area contributed by atoms with Gasteiger partial charge < -0.3 is 24.8 Å². The quantitative estimate of drug-likeness (QED) is 0.633. The average molecular weight is 434 g/mol. The lowest BCUT2D eigenvalue weighted by Crippen LogP contribution is -2.27. The Bertz CT molecular complexity index is 983. The van der Waals surface area contributed by atoms with Gasteiger partial charge in [0.05, 0.1) is 32.9 Å². The molecule has 0 radical (unpaired) electrons. The van der Waals surface area contributed by atoms with Gasteiger partial charge in [-0.3, -0.25) is 9.59 Å². The topological polar surface area (TPSA) is 85.9 Å². The molecule has 0 bridgehead atoms. The van der Waals surface area contributed by atoms with E-state index in [1.165, 1.54) is 39.5 Å². The number of benzene rings is 2. The van der Waals surface area contributed by atoms with Crippen LogP contribution in [0.15, 0.2) is 30.3 Å². The lowest BCUT2D eigenvalue weighted by Gasteiger charge is -2.16. The Morgan fingerprint density at radius 1 is 1.06 bits per heavy atom. The molecule has 1 aliphatic carbocycles. The fourth-order valence-electron chi connectivity index (χ4n) is 3.31. The van der Waals surface area contributed by atoms with Crippen molar-refractivity contribution in [2.45, 2.75) is 24.8 Å². The predicted octanol–water partition coefficient (Wildman–Crippen LogP) is 3.24. The fraction of sp³-hybridized carbons (Fsp3) is 0.364. The van der Waals surface area contributed by atoms with Crippen molar-refractivity contribution in [2.24, 2.45) is 0 Å². The smallest absolute Gasteiger partial charge is 0.251 e. The number of rotatable bonds is 9. The summed E-state index contributed by atoms with van der Waals surface area (Å²) in [5.41, 5.74) is 1.18. The number of hydrogen-bond acceptors (Lipinski definition) is 5. The first kappa shape index (κ1) is 22.5. The Labute approximate surface area is 178 Å². The summed E-state index contributed by atoms with van der Waals surface area (Å²) in [4.78, 5) is 24.9. The summed E-state index contributed by atoms with van der Waals surface area (Å²) in [5.74, 6) is -2.03. The van der Waals surface area contributed by atoms with Crippen molar-refractivity contribution in [1.29, 1.82) is 0 Å². The third kappa shape index (κ3) is 5.29. The third-order valence-electron chi connectivity index (χ3n) is 5.03. The zero-order valence-corrected chi connectivity index (χ0v) is 17.5. The van der Waals surface area contributed by atoms with E-state index in [1.54, 1.807) is 0 Å². The molecule has 166 valence electrons. The molecular weight excluding hydrogens is 410 g/mol. The van der Waals surface area contributed by atoms with Crippen molar-refractivity contribution in [1.82, 2.24) is 5.32 Å². The molecule has 2 amide bonds. The van der Waals surface area contributed by atoms with E-state index < -0.39 is 11.6 Å². The largest absolute Gasteiger partial charge is 0.493 e. The zero-order valence-electron chi connectivity index (χ0n) is 17.5. The number of amides is 2. The molecule has 1 saturated carbocycles. The highest BCUT2D eigenvalue weighted by molar-refractivity contribution is 5.99. The van der Waals surface area contributed by atoms with Crippen molar-refractivity contribution in [3.05, 3.63) is 53.1 Å². The Hall–Kier alpha value is -3.20. The summed E-state index contributed by atoms with van der Waals surface area (Å²) in [6.45, 7) is 0.249. The molecule has 1 aliphatic rings. The summed E-state index contributed by atoms with van der Waals surface area (Å²) in [5, 5.41) is 5.57. The normalized spacial score (nSPS) is 17.1. The highest BCUT2D eigenvalue weighted by atomic mass is 19.2. The second-order valence-corrected chi connectivity index (χ2v) is 7.15. The van der Waals surface area contributed by atoms with Gasteiger partial charge in [0.25, 0.3) is 5.91 Å². The third-order valence-corrected chi connectivity index (χ3v) is 5.03. The van der Waals surface area contributed by atoms with Gasteiger partial charge in [-0.05, 0) is 36.2 Å². The minimum atomic E-state index is -0.914. The van der Waals surface area contributed by atoms with Crippen LogP contribution in [0.25, 0.3) is 0 Å². The van der Waals surface area contributed by atoms with Crippen molar-refractivity contribution in [3.8, 4) is 11.5 Å². The van der Waals surface area contributed by atoms with Crippen molar-refractivity contribution in [2.75, 3.05) is 33.3 Å². The SMILES string of the molecule is COCCC(=O)Nc1cc(C(=O)N[C@H]2C[C@@H]2c2ccc(F)c(F)c2)cc(OC)c1OC. The minimum absolute atomic E-state index is 0.0904. The first-order valence-electron chi connectivity index (χ1n) is 9.68. The molecular formula is C22H24F2N2O5. The number of nitrogens with one attached hydrogen (secondary N) is 2. The number of anilines is 1. The Kier molecular flexibility index (Phi) is 7.06. The van der Waals surface area contributed by atoms with Gasteiger partial charge in [-0.15, -0.1) is 0 Å². The van der Waals surface area contributed by atoms with E-state index in [-0.39, 0.29) is 53.9 Å². The number of halogens is 2. The van der Waals surface area contributed by atoms with Crippen LogP contribution >= 0.6 is 0 Å². The molecule has 31 heavy (non-hydrogen) atoms. The maximum Gasteiger partial charge on any atom is 0.251 e. The number of ether oxygens (including phenoxy) is 3. The summed E-state index contributed by atoms with van der Waals surface area (Å²) >= 11 is 0. The van der Waals surface area contributed by atoms with Gasteiger partial charge in [0.15, 0.2) is 23.1 Å². The van der Waals surface area contributed by atoms with Gasteiger partial charge in [-0.1, -0.05) is 6.07 Å². The standard InChI is InChI=1S/C22H24F2N2O5/c1-29-7-6-20(27)25-18-9-13(10-19(30-2)21(18)31-3)22(28)26-17-11-14(17)12-4-5-15(23)16(24)8-12/h4-5,8-10,14,17H,6-7,11H2,1-3H3,(H,25,27)(H,26,28)/t14-,17+/m1/s1. The molecule has 2 aromatic carbocycles. The van der Waals surface area contributed by atoms with Crippen molar-refractivity contribution < 1.29 is 32.6 Å². The Balaban J connectivity index is 1.75. The van der Waals surface area contributed by atoms with Crippen LogP contribution in [0.4, 0.5) is 14.5 Å². The molecule has 9 heteroatoms. The maximum atomic E-state index is 13.5. The van der Waals surface area contributed by atoms with Crippen molar-refractivity contribution >= 4 is 17.5 Å². The van der Waals surface area contributed by atoms with Gasteiger partial charge in [0, 0.05) is 24.6 Å². The van der Waals surface area contributed by atoms with Crippen LogP contribution in [-0.2, 0) is 9.53 Å². The van der Waals surface area contributed by atoms with E-state index >= 15 is 0 Å². The summed E-state index contributed by atoms with van der Waals surface area (Å²) in [6.07, 6.45) is 0.751. The molecule has 0 unspecified atom stereocenters. The van der Waals surface area contributed by atoms with Gasteiger partial charge in [0.1, 0.15) is 0 Å². The summed E-state index contributed by atoms with van der Waals surface area (Å²) in [6, 6.07) is 6.54. The van der Waals surface area contributed by atoms with E-state index in [4.69, 9.17) is 14.2 Å². The van der Waals surface area contributed by atoms with Crippen LogP contribution in [0, 0.1) is 11.6 Å². The van der Waals surface area contributed by atoms with Gasteiger partial charge in [0.2, 0.25) is 5.91 Å². The predicted molar refractivity (Wildman–Crippen MR) is 110 cm³/mol. The second kappa shape index (κ2) is 9.74.